The van der Waals surface area contributed by atoms with Gasteiger partial charge >= 0.3 is 0 Å². The summed E-state index contributed by atoms with van der Waals surface area (Å²) < 4.78 is 0. The van der Waals surface area contributed by atoms with Gasteiger partial charge in [-0.15, -0.1) is 0 Å². The summed E-state index contributed by atoms with van der Waals surface area (Å²) in [6.45, 7) is 6.12. The number of benzene rings is 1. The van der Waals surface area contributed by atoms with E-state index in [0.29, 0.717) is 5.92 Å². The molecule has 2 nitrogen and oxygen atoms in total. The SMILES string of the molecule is CCCCCCCCCCCCN=C=NCC(C)c1ccccc1. The van der Waals surface area contributed by atoms with E-state index in [0.717, 1.165) is 13.1 Å². The third kappa shape index (κ3) is 11.2. The van der Waals surface area contributed by atoms with E-state index in [1.807, 2.05) is 6.07 Å². The third-order valence-electron chi connectivity index (χ3n) is 4.50. The summed E-state index contributed by atoms with van der Waals surface area (Å²) in [6.07, 6.45) is 13.6. The molecule has 1 unspecified atom stereocenters. The molecule has 0 aliphatic rings. The van der Waals surface area contributed by atoms with Gasteiger partial charge in [0.05, 0.1) is 12.6 Å². The van der Waals surface area contributed by atoms with Gasteiger partial charge in [0.2, 0.25) is 0 Å². The van der Waals surface area contributed by atoms with Gasteiger partial charge in [-0.3, -0.25) is 0 Å². The van der Waals surface area contributed by atoms with Gasteiger partial charge in [-0.05, 0) is 12.0 Å². The number of hydrogen-bond donors (Lipinski definition) is 0. The fraction of sp³-hybridized carbons (Fsp3) is 0.682. The van der Waals surface area contributed by atoms with Crippen molar-refractivity contribution >= 4 is 6.01 Å². The molecule has 0 bridgehead atoms. The zero-order valence-electron chi connectivity index (χ0n) is 15.8. The molecule has 1 aromatic carbocycles. The van der Waals surface area contributed by atoms with Gasteiger partial charge < -0.3 is 0 Å². The molecule has 0 fully saturated rings. The highest BCUT2D eigenvalue weighted by atomic mass is 14.8. The van der Waals surface area contributed by atoms with E-state index < -0.39 is 0 Å². The predicted octanol–water partition coefficient (Wildman–Crippen LogP) is 6.88. The summed E-state index contributed by atoms with van der Waals surface area (Å²) in [5, 5.41) is 0. The highest BCUT2D eigenvalue weighted by Crippen LogP contribution is 2.14. The quantitative estimate of drug-likeness (QED) is 0.262. The summed E-state index contributed by atoms with van der Waals surface area (Å²) in [5.74, 6) is 0.436. The molecule has 0 spiro atoms. The van der Waals surface area contributed by atoms with Crippen molar-refractivity contribution in [3.8, 4) is 0 Å². The molecule has 0 radical (unpaired) electrons. The van der Waals surface area contributed by atoms with Crippen LogP contribution < -0.4 is 0 Å². The van der Waals surface area contributed by atoms with Crippen LogP contribution in [0.15, 0.2) is 40.3 Å². The van der Waals surface area contributed by atoms with E-state index in [9.17, 15) is 0 Å². The molecular weight excluding hydrogens is 292 g/mol. The molecule has 0 aliphatic carbocycles. The standard InChI is InChI=1S/C22H36N2/c1-3-4-5-6-7-8-9-10-11-15-18-23-20-24-19-21(2)22-16-13-12-14-17-22/h12-14,16-17,21H,3-11,15,18-19H2,1-2H3. The number of rotatable bonds is 14. The normalized spacial score (nSPS) is 11.8. The lowest BCUT2D eigenvalue weighted by molar-refractivity contribution is 0.558. The molecule has 24 heavy (non-hydrogen) atoms. The van der Waals surface area contributed by atoms with Crippen molar-refractivity contribution in [3.63, 3.8) is 0 Å². The second-order valence-electron chi connectivity index (χ2n) is 6.82. The Morgan fingerprint density at radius 1 is 0.792 bits per heavy atom. The Labute approximate surface area is 149 Å². The Kier molecular flexibility index (Phi) is 13.0. The summed E-state index contributed by atoms with van der Waals surface area (Å²) in [6, 6.07) is 13.4. The zero-order valence-corrected chi connectivity index (χ0v) is 15.8. The van der Waals surface area contributed by atoms with Crippen LogP contribution in [0, 0.1) is 0 Å². The molecule has 1 atom stereocenters. The minimum absolute atomic E-state index is 0.436. The number of aliphatic imine (C=N–C) groups is 2. The number of hydrogen-bond acceptors (Lipinski definition) is 2. The van der Waals surface area contributed by atoms with Crippen LogP contribution in [-0.4, -0.2) is 19.1 Å². The Morgan fingerprint density at radius 2 is 1.38 bits per heavy atom. The van der Waals surface area contributed by atoms with Crippen LogP contribution in [0.2, 0.25) is 0 Å². The summed E-state index contributed by atoms with van der Waals surface area (Å²) in [7, 11) is 0. The molecule has 1 rings (SSSR count). The minimum atomic E-state index is 0.436. The molecule has 2 heteroatoms. The van der Waals surface area contributed by atoms with Crippen LogP contribution in [0.25, 0.3) is 0 Å². The molecular formula is C22H36N2. The first-order valence-corrected chi connectivity index (χ1v) is 9.97. The molecule has 0 amide bonds. The highest BCUT2D eigenvalue weighted by molar-refractivity contribution is 5.41. The fourth-order valence-corrected chi connectivity index (χ4v) is 2.84. The molecule has 134 valence electrons. The van der Waals surface area contributed by atoms with Gasteiger partial charge in [0.1, 0.15) is 0 Å². The van der Waals surface area contributed by atoms with E-state index in [4.69, 9.17) is 0 Å². The summed E-state index contributed by atoms with van der Waals surface area (Å²) in [5.41, 5.74) is 1.33. The van der Waals surface area contributed by atoms with Crippen LogP contribution in [0.4, 0.5) is 0 Å². The van der Waals surface area contributed by atoms with E-state index in [2.05, 4.69) is 54.1 Å². The molecule has 0 saturated heterocycles. The van der Waals surface area contributed by atoms with Crippen LogP contribution in [0.1, 0.15) is 89.5 Å². The van der Waals surface area contributed by atoms with Crippen molar-refractivity contribution in [2.75, 3.05) is 13.1 Å². The first-order chi connectivity index (χ1) is 11.8. The van der Waals surface area contributed by atoms with Gasteiger partial charge in [0, 0.05) is 12.5 Å². The molecule has 0 aromatic heterocycles. The highest BCUT2D eigenvalue weighted by Gasteiger charge is 2.02. The van der Waals surface area contributed by atoms with E-state index in [1.54, 1.807) is 0 Å². The van der Waals surface area contributed by atoms with Crippen molar-refractivity contribution in [1.29, 1.82) is 0 Å². The van der Waals surface area contributed by atoms with Gasteiger partial charge in [0.15, 0.2) is 0 Å². The largest absolute Gasteiger partial charge is 0.226 e. The maximum atomic E-state index is 4.31. The molecule has 0 heterocycles. The van der Waals surface area contributed by atoms with Gasteiger partial charge in [-0.25, -0.2) is 9.98 Å². The molecule has 1 aromatic rings. The third-order valence-corrected chi connectivity index (χ3v) is 4.50. The maximum Gasteiger partial charge on any atom is 0.0892 e. The van der Waals surface area contributed by atoms with Gasteiger partial charge in [-0.1, -0.05) is 102 Å². The van der Waals surface area contributed by atoms with Crippen molar-refractivity contribution < 1.29 is 0 Å². The molecule has 0 aliphatic heterocycles. The average Bonchev–Trinajstić information content (AvgIpc) is 2.62. The first kappa shape index (κ1) is 20.6. The summed E-state index contributed by atoms with van der Waals surface area (Å²) >= 11 is 0. The van der Waals surface area contributed by atoms with Crippen molar-refractivity contribution in [3.05, 3.63) is 35.9 Å². The van der Waals surface area contributed by atoms with Crippen molar-refractivity contribution in [2.24, 2.45) is 9.98 Å². The fourth-order valence-electron chi connectivity index (χ4n) is 2.84. The second kappa shape index (κ2) is 15.1. The molecule has 0 N–H and O–H groups in total. The Balaban J connectivity index is 1.94. The average molecular weight is 329 g/mol. The van der Waals surface area contributed by atoms with Crippen LogP contribution >= 0.6 is 0 Å². The number of nitrogens with zero attached hydrogens (tertiary/aromatic N) is 2. The lowest BCUT2D eigenvalue weighted by atomic mass is 10.0. The Hall–Kier alpha value is -1.40. The Bertz CT molecular complexity index is 446. The second-order valence-corrected chi connectivity index (χ2v) is 6.82. The van der Waals surface area contributed by atoms with Crippen LogP contribution in [0.5, 0.6) is 0 Å². The van der Waals surface area contributed by atoms with E-state index >= 15 is 0 Å². The molecule has 0 saturated carbocycles. The topological polar surface area (TPSA) is 24.7 Å². The lowest BCUT2D eigenvalue weighted by Gasteiger charge is -2.06. The van der Waals surface area contributed by atoms with Gasteiger partial charge in [0.25, 0.3) is 0 Å². The number of unbranched alkanes of at least 4 members (excludes halogenated alkanes) is 9. The van der Waals surface area contributed by atoms with E-state index in [-0.39, 0.29) is 0 Å². The van der Waals surface area contributed by atoms with Crippen molar-refractivity contribution in [1.82, 2.24) is 0 Å². The smallest absolute Gasteiger partial charge is 0.0892 e. The lowest BCUT2D eigenvalue weighted by Crippen LogP contribution is -1.96. The van der Waals surface area contributed by atoms with E-state index in [1.165, 1.54) is 69.8 Å². The predicted molar refractivity (Wildman–Crippen MR) is 106 cm³/mol. The van der Waals surface area contributed by atoms with Crippen LogP contribution in [0.3, 0.4) is 0 Å². The monoisotopic (exact) mass is 328 g/mol. The minimum Gasteiger partial charge on any atom is -0.226 e. The van der Waals surface area contributed by atoms with Gasteiger partial charge in [-0.2, -0.15) is 0 Å². The summed E-state index contributed by atoms with van der Waals surface area (Å²) in [4.78, 5) is 8.60. The zero-order chi connectivity index (χ0) is 17.3. The maximum absolute atomic E-state index is 4.31. The van der Waals surface area contributed by atoms with Crippen LogP contribution in [-0.2, 0) is 0 Å². The Morgan fingerprint density at radius 3 is 2.00 bits per heavy atom. The first-order valence-electron chi connectivity index (χ1n) is 9.97. The van der Waals surface area contributed by atoms with Crippen molar-refractivity contribution in [2.45, 2.75) is 84.0 Å².